The minimum Gasteiger partial charge on any atom is -0.493 e. The summed E-state index contributed by atoms with van der Waals surface area (Å²) in [6.07, 6.45) is 3.26. The molecule has 1 heterocycles. The van der Waals surface area contributed by atoms with E-state index in [4.69, 9.17) is 26.3 Å². The second kappa shape index (κ2) is 8.85. The van der Waals surface area contributed by atoms with Crippen LogP contribution in [-0.4, -0.2) is 31.9 Å². The van der Waals surface area contributed by atoms with Gasteiger partial charge >= 0.3 is 0 Å². The zero-order valence-electron chi connectivity index (χ0n) is 14.6. The minimum absolute atomic E-state index is 0.0566. The van der Waals surface area contributed by atoms with Crippen LogP contribution in [0, 0.1) is 11.3 Å². The van der Waals surface area contributed by atoms with Crippen LogP contribution in [0.1, 0.15) is 5.56 Å². The van der Waals surface area contributed by atoms with Gasteiger partial charge in [-0.15, -0.1) is 11.8 Å². The highest BCUT2D eigenvalue weighted by atomic mass is 35.5. The maximum absolute atomic E-state index is 12.7. The molecule has 0 atom stereocenters. The van der Waals surface area contributed by atoms with Gasteiger partial charge in [-0.05, 0) is 42.0 Å². The number of hydrogen-bond acceptors (Lipinski definition) is 5. The van der Waals surface area contributed by atoms with Gasteiger partial charge in [-0.1, -0.05) is 17.7 Å². The Hall–Kier alpha value is -2.62. The Morgan fingerprint density at radius 3 is 2.96 bits per heavy atom. The predicted octanol–water partition coefficient (Wildman–Crippen LogP) is 4.40. The second-order valence-electron chi connectivity index (χ2n) is 5.64. The van der Waals surface area contributed by atoms with Crippen LogP contribution in [0.15, 0.2) is 47.4 Å². The maximum atomic E-state index is 12.7. The number of thioether (sulfide) groups is 1. The molecule has 0 aromatic heterocycles. The van der Waals surface area contributed by atoms with Crippen molar-refractivity contribution in [2.24, 2.45) is 0 Å². The van der Waals surface area contributed by atoms with Crippen molar-refractivity contribution in [2.75, 3.05) is 30.9 Å². The number of anilines is 1. The van der Waals surface area contributed by atoms with E-state index in [1.54, 1.807) is 40.9 Å². The predicted molar refractivity (Wildman–Crippen MR) is 108 cm³/mol. The highest BCUT2D eigenvalue weighted by Gasteiger charge is 2.21. The van der Waals surface area contributed by atoms with Crippen LogP contribution in [0.2, 0.25) is 5.02 Å². The number of halogens is 1. The summed E-state index contributed by atoms with van der Waals surface area (Å²) in [6.45, 7) is 0.574. The molecule has 27 heavy (non-hydrogen) atoms. The molecular weight excluding hydrogens is 384 g/mol. The molecule has 1 aliphatic heterocycles. The fourth-order valence-corrected chi connectivity index (χ4v) is 3.84. The normalized spacial score (nSPS) is 13.1. The zero-order chi connectivity index (χ0) is 19.2. The third-order valence-electron chi connectivity index (χ3n) is 3.95. The van der Waals surface area contributed by atoms with Crippen molar-refractivity contribution in [3.63, 3.8) is 0 Å². The largest absolute Gasteiger partial charge is 0.493 e. The molecule has 0 saturated carbocycles. The van der Waals surface area contributed by atoms with Gasteiger partial charge in [0.1, 0.15) is 6.07 Å². The molecule has 0 radical (unpaired) electrons. The van der Waals surface area contributed by atoms with Gasteiger partial charge in [-0.2, -0.15) is 5.26 Å². The minimum atomic E-state index is -0.109. The lowest BCUT2D eigenvalue weighted by atomic mass is 10.1. The van der Waals surface area contributed by atoms with E-state index in [2.05, 4.69) is 0 Å². The number of rotatable bonds is 5. The lowest BCUT2D eigenvalue weighted by Gasteiger charge is -2.28. The number of hydrogen-bond donors (Lipinski definition) is 0. The van der Waals surface area contributed by atoms with Crippen LogP contribution in [0.25, 0.3) is 6.08 Å². The second-order valence-corrected chi connectivity index (χ2v) is 7.21. The molecule has 5 nitrogen and oxygen atoms in total. The molecule has 1 amide bonds. The van der Waals surface area contributed by atoms with Gasteiger partial charge in [-0.25, -0.2) is 0 Å². The van der Waals surface area contributed by atoms with E-state index < -0.39 is 0 Å². The van der Waals surface area contributed by atoms with Crippen molar-refractivity contribution in [3.05, 3.63) is 53.1 Å². The number of carbonyl (C=O) groups is 1. The monoisotopic (exact) mass is 400 g/mol. The fraction of sp³-hybridized carbons (Fsp3) is 0.200. The average molecular weight is 401 g/mol. The molecule has 7 heteroatoms. The smallest absolute Gasteiger partial charge is 0.251 e. The number of ether oxygens (including phenoxy) is 2. The van der Waals surface area contributed by atoms with Gasteiger partial charge in [0.05, 0.1) is 12.8 Å². The van der Waals surface area contributed by atoms with Gasteiger partial charge in [0.2, 0.25) is 0 Å². The van der Waals surface area contributed by atoms with Crippen molar-refractivity contribution in [3.8, 4) is 17.6 Å². The average Bonchev–Trinajstić information content (AvgIpc) is 2.70. The van der Waals surface area contributed by atoms with E-state index in [9.17, 15) is 4.79 Å². The van der Waals surface area contributed by atoms with Crippen molar-refractivity contribution >= 4 is 41.0 Å². The molecule has 0 aliphatic carbocycles. The Balaban J connectivity index is 1.78. The standard InChI is InChI=1S/C20H17ClN2O3S/c1-25-18-12-14(2-5-17(18)26-10-8-22)3-7-20(24)23-9-11-27-19-6-4-15(21)13-16(19)23/h2-7,12-13H,9-11H2,1H3/b7-3+. The van der Waals surface area contributed by atoms with E-state index in [0.717, 1.165) is 21.9 Å². The molecule has 0 N–H and O–H groups in total. The molecule has 3 rings (SSSR count). The Morgan fingerprint density at radius 1 is 1.33 bits per heavy atom. The summed E-state index contributed by atoms with van der Waals surface area (Å²) in [5.41, 5.74) is 1.63. The van der Waals surface area contributed by atoms with Gasteiger partial charge in [0, 0.05) is 28.3 Å². The summed E-state index contributed by atoms with van der Waals surface area (Å²) >= 11 is 7.81. The van der Waals surface area contributed by atoms with Crippen molar-refractivity contribution in [2.45, 2.75) is 4.90 Å². The molecular formula is C20H17ClN2O3S. The highest BCUT2D eigenvalue weighted by Crippen LogP contribution is 2.36. The Kier molecular flexibility index (Phi) is 6.28. The molecule has 0 saturated heterocycles. The van der Waals surface area contributed by atoms with E-state index in [1.165, 1.54) is 13.2 Å². The highest BCUT2D eigenvalue weighted by molar-refractivity contribution is 7.99. The van der Waals surface area contributed by atoms with E-state index in [1.807, 2.05) is 24.3 Å². The van der Waals surface area contributed by atoms with E-state index in [0.29, 0.717) is 23.1 Å². The van der Waals surface area contributed by atoms with Gasteiger partial charge < -0.3 is 14.4 Å². The first-order valence-corrected chi connectivity index (χ1v) is 9.58. The van der Waals surface area contributed by atoms with Gasteiger partial charge in [-0.3, -0.25) is 4.79 Å². The number of carbonyl (C=O) groups excluding carboxylic acids is 1. The van der Waals surface area contributed by atoms with Gasteiger partial charge in [0.25, 0.3) is 5.91 Å². The molecule has 2 aromatic carbocycles. The van der Waals surface area contributed by atoms with Crippen molar-refractivity contribution in [1.82, 2.24) is 0 Å². The third-order valence-corrected chi connectivity index (χ3v) is 5.23. The summed E-state index contributed by atoms with van der Waals surface area (Å²) in [7, 11) is 1.53. The molecule has 0 unspecified atom stereocenters. The van der Waals surface area contributed by atoms with E-state index in [-0.39, 0.29) is 12.5 Å². The summed E-state index contributed by atoms with van der Waals surface area (Å²) in [4.78, 5) is 15.5. The van der Waals surface area contributed by atoms with Crippen LogP contribution < -0.4 is 14.4 Å². The Bertz CT molecular complexity index is 924. The number of amides is 1. The summed E-state index contributed by atoms with van der Waals surface area (Å²) < 4.78 is 10.6. The summed E-state index contributed by atoms with van der Waals surface area (Å²) in [6, 6.07) is 12.8. The van der Waals surface area contributed by atoms with Crippen LogP contribution in [0.5, 0.6) is 11.5 Å². The molecule has 0 fully saturated rings. The maximum Gasteiger partial charge on any atom is 0.251 e. The van der Waals surface area contributed by atoms with Crippen LogP contribution in [-0.2, 0) is 4.79 Å². The third kappa shape index (κ3) is 4.57. The first kappa shape index (κ1) is 19.2. The topological polar surface area (TPSA) is 62.6 Å². The quantitative estimate of drug-likeness (QED) is 0.696. The molecule has 138 valence electrons. The summed E-state index contributed by atoms with van der Waals surface area (Å²) in [5, 5.41) is 9.23. The first-order chi connectivity index (χ1) is 13.1. The van der Waals surface area contributed by atoms with Crippen molar-refractivity contribution < 1.29 is 14.3 Å². The lowest BCUT2D eigenvalue weighted by Crippen LogP contribution is -2.34. The molecule has 2 aromatic rings. The van der Waals surface area contributed by atoms with Gasteiger partial charge in [0.15, 0.2) is 18.1 Å². The lowest BCUT2D eigenvalue weighted by molar-refractivity contribution is -0.114. The fourth-order valence-electron chi connectivity index (χ4n) is 2.69. The molecule has 0 spiro atoms. The van der Waals surface area contributed by atoms with Crippen LogP contribution in [0.3, 0.4) is 0 Å². The number of fused-ring (bicyclic) bond motifs is 1. The number of nitriles is 1. The van der Waals surface area contributed by atoms with E-state index >= 15 is 0 Å². The number of nitrogens with zero attached hydrogens (tertiary/aromatic N) is 2. The zero-order valence-corrected chi connectivity index (χ0v) is 16.2. The Labute approximate surface area is 167 Å². The van der Waals surface area contributed by atoms with Crippen LogP contribution >= 0.6 is 23.4 Å². The van der Waals surface area contributed by atoms with Crippen molar-refractivity contribution in [1.29, 1.82) is 5.26 Å². The summed E-state index contributed by atoms with van der Waals surface area (Å²) in [5.74, 6) is 1.72. The number of methoxy groups -OCH3 is 1. The molecule has 0 bridgehead atoms. The first-order valence-electron chi connectivity index (χ1n) is 8.22. The number of benzene rings is 2. The SMILES string of the molecule is COc1cc(/C=C/C(=O)N2CCSc3ccc(Cl)cc32)ccc1OCC#N. The Morgan fingerprint density at radius 2 is 2.19 bits per heavy atom. The molecule has 1 aliphatic rings. The van der Waals surface area contributed by atoms with Crippen LogP contribution in [0.4, 0.5) is 5.69 Å².